The van der Waals surface area contributed by atoms with Crippen LogP contribution in [0, 0.1) is 11.8 Å². The summed E-state index contributed by atoms with van der Waals surface area (Å²) in [5.41, 5.74) is 1.42. The Bertz CT molecular complexity index is 715. The number of aliphatic hydroxyl groups excluding tert-OH is 1. The van der Waals surface area contributed by atoms with E-state index in [4.69, 9.17) is 16.7 Å². The van der Waals surface area contributed by atoms with Crippen molar-refractivity contribution in [1.29, 1.82) is 0 Å². The molecule has 0 saturated carbocycles. The van der Waals surface area contributed by atoms with Crippen LogP contribution >= 0.6 is 11.6 Å². The molecule has 0 radical (unpaired) electrons. The Kier molecular flexibility index (Phi) is 4.83. The highest BCUT2D eigenvalue weighted by Gasteiger charge is 2.09. The first-order valence-corrected chi connectivity index (χ1v) is 6.47. The predicted octanol–water partition coefficient (Wildman–Crippen LogP) is 2.64. The highest BCUT2D eigenvalue weighted by molar-refractivity contribution is 6.30. The summed E-state index contributed by atoms with van der Waals surface area (Å²) in [5.74, 6) is 5.01. The van der Waals surface area contributed by atoms with Crippen molar-refractivity contribution in [1.82, 2.24) is 0 Å². The molecular weight excluding hydrogens is 290 g/mol. The summed E-state index contributed by atoms with van der Waals surface area (Å²) in [6, 6.07) is 10.8. The molecule has 0 fully saturated rings. The van der Waals surface area contributed by atoms with Crippen molar-refractivity contribution in [2.24, 2.45) is 0 Å². The summed E-state index contributed by atoms with van der Waals surface area (Å²) >= 11 is 5.90. The maximum absolute atomic E-state index is 12.1. The van der Waals surface area contributed by atoms with Gasteiger partial charge in [0.15, 0.2) is 0 Å². The molecule has 106 valence electrons. The third kappa shape index (κ3) is 3.99. The zero-order valence-corrected chi connectivity index (χ0v) is 11.7. The van der Waals surface area contributed by atoms with E-state index in [0.29, 0.717) is 21.8 Å². The van der Waals surface area contributed by atoms with Gasteiger partial charge in [-0.2, -0.15) is 0 Å². The maximum atomic E-state index is 12.1. The van der Waals surface area contributed by atoms with Gasteiger partial charge in [-0.3, -0.25) is 4.79 Å². The molecular formula is C16H12ClNO3. The molecule has 2 aromatic carbocycles. The lowest BCUT2D eigenvalue weighted by Gasteiger charge is -2.08. The summed E-state index contributed by atoms with van der Waals surface area (Å²) in [6.07, 6.45) is 0. The van der Waals surface area contributed by atoms with E-state index in [1.165, 1.54) is 24.3 Å². The van der Waals surface area contributed by atoms with Gasteiger partial charge in [-0.05, 0) is 42.5 Å². The van der Waals surface area contributed by atoms with E-state index in [0.717, 1.165) is 0 Å². The standard InChI is InChI=1S/C16H12ClNO3/c17-13-5-8-15(12(10-13)2-1-9-19)18-16(21)11-3-6-14(20)7-4-11/h3-8,10,19-20H,9H2,(H,18,21). The number of phenols is 1. The lowest BCUT2D eigenvalue weighted by Crippen LogP contribution is -2.12. The Morgan fingerprint density at radius 1 is 1.19 bits per heavy atom. The van der Waals surface area contributed by atoms with Crippen LogP contribution in [0.3, 0.4) is 0 Å². The molecule has 2 rings (SSSR count). The van der Waals surface area contributed by atoms with Gasteiger partial charge in [0.2, 0.25) is 0 Å². The maximum Gasteiger partial charge on any atom is 0.255 e. The number of hydrogen-bond acceptors (Lipinski definition) is 3. The fourth-order valence-electron chi connectivity index (χ4n) is 1.67. The van der Waals surface area contributed by atoms with Crippen LogP contribution in [0.4, 0.5) is 5.69 Å². The van der Waals surface area contributed by atoms with Crippen LogP contribution in [0.2, 0.25) is 5.02 Å². The van der Waals surface area contributed by atoms with E-state index in [2.05, 4.69) is 17.2 Å². The summed E-state index contributed by atoms with van der Waals surface area (Å²) in [7, 11) is 0. The van der Waals surface area contributed by atoms with Crippen molar-refractivity contribution < 1.29 is 15.0 Å². The largest absolute Gasteiger partial charge is 0.508 e. The van der Waals surface area contributed by atoms with Crippen molar-refractivity contribution in [3.05, 3.63) is 58.6 Å². The molecule has 2 aromatic rings. The Balaban J connectivity index is 2.26. The smallest absolute Gasteiger partial charge is 0.255 e. The van der Waals surface area contributed by atoms with Gasteiger partial charge in [-0.15, -0.1) is 0 Å². The molecule has 0 saturated heterocycles. The minimum atomic E-state index is -0.329. The average molecular weight is 302 g/mol. The first-order chi connectivity index (χ1) is 10.1. The molecule has 0 atom stereocenters. The molecule has 0 aromatic heterocycles. The lowest BCUT2D eigenvalue weighted by atomic mass is 10.1. The van der Waals surface area contributed by atoms with Crippen LogP contribution < -0.4 is 5.32 Å². The van der Waals surface area contributed by atoms with Crippen LogP contribution in [-0.2, 0) is 0 Å². The van der Waals surface area contributed by atoms with E-state index in [1.54, 1.807) is 18.2 Å². The molecule has 0 bridgehead atoms. The van der Waals surface area contributed by atoms with Crippen molar-refractivity contribution >= 4 is 23.2 Å². The molecule has 0 aliphatic heterocycles. The van der Waals surface area contributed by atoms with Crippen LogP contribution in [0.1, 0.15) is 15.9 Å². The molecule has 0 aliphatic rings. The second-order valence-corrected chi connectivity index (χ2v) is 4.59. The number of carbonyl (C=O) groups excluding carboxylic acids is 1. The SMILES string of the molecule is O=C(Nc1ccc(Cl)cc1C#CCO)c1ccc(O)cc1. The number of amides is 1. The molecule has 3 N–H and O–H groups in total. The lowest BCUT2D eigenvalue weighted by molar-refractivity contribution is 0.102. The van der Waals surface area contributed by atoms with Crippen molar-refractivity contribution in [2.75, 3.05) is 11.9 Å². The van der Waals surface area contributed by atoms with Crippen molar-refractivity contribution in [3.8, 4) is 17.6 Å². The van der Waals surface area contributed by atoms with Gasteiger partial charge >= 0.3 is 0 Å². The quantitative estimate of drug-likeness (QED) is 0.747. The van der Waals surface area contributed by atoms with E-state index < -0.39 is 0 Å². The second kappa shape index (κ2) is 6.80. The number of nitrogens with one attached hydrogen (secondary N) is 1. The minimum Gasteiger partial charge on any atom is -0.508 e. The molecule has 21 heavy (non-hydrogen) atoms. The molecule has 0 aliphatic carbocycles. The molecule has 5 heteroatoms. The van der Waals surface area contributed by atoms with Gasteiger partial charge in [-0.1, -0.05) is 23.4 Å². The zero-order chi connectivity index (χ0) is 15.2. The molecule has 0 heterocycles. The van der Waals surface area contributed by atoms with Crippen LogP contribution in [0.15, 0.2) is 42.5 Å². The first kappa shape index (κ1) is 14.9. The fraction of sp³-hybridized carbons (Fsp3) is 0.0625. The zero-order valence-electron chi connectivity index (χ0n) is 10.9. The molecule has 0 unspecified atom stereocenters. The second-order valence-electron chi connectivity index (χ2n) is 4.15. The van der Waals surface area contributed by atoms with Crippen LogP contribution in [0.5, 0.6) is 5.75 Å². The highest BCUT2D eigenvalue weighted by atomic mass is 35.5. The van der Waals surface area contributed by atoms with E-state index in [1.807, 2.05) is 0 Å². The van der Waals surface area contributed by atoms with E-state index in [-0.39, 0.29) is 18.3 Å². The van der Waals surface area contributed by atoms with Crippen LogP contribution in [0.25, 0.3) is 0 Å². The Labute approximate surface area is 127 Å². The summed E-state index contributed by atoms with van der Waals surface area (Å²) in [6.45, 7) is -0.280. The van der Waals surface area contributed by atoms with Crippen molar-refractivity contribution in [3.63, 3.8) is 0 Å². The third-order valence-electron chi connectivity index (χ3n) is 2.66. The Morgan fingerprint density at radius 3 is 2.57 bits per heavy atom. The average Bonchev–Trinajstić information content (AvgIpc) is 2.48. The molecule has 1 amide bonds. The highest BCUT2D eigenvalue weighted by Crippen LogP contribution is 2.21. The number of phenolic OH excluding ortho intramolecular Hbond substituents is 1. The van der Waals surface area contributed by atoms with Gasteiger partial charge in [0.05, 0.1) is 5.69 Å². The molecule has 4 nitrogen and oxygen atoms in total. The summed E-state index contributed by atoms with van der Waals surface area (Å²) in [5, 5.41) is 21.2. The van der Waals surface area contributed by atoms with Gasteiger partial charge < -0.3 is 15.5 Å². The Morgan fingerprint density at radius 2 is 1.90 bits per heavy atom. The van der Waals surface area contributed by atoms with Gasteiger partial charge in [0.25, 0.3) is 5.91 Å². The number of carbonyl (C=O) groups is 1. The topological polar surface area (TPSA) is 69.6 Å². The minimum absolute atomic E-state index is 0.0903. The fourth-order valence-corrected chi connectivity index (χ4v) is 1.84. The predicted molar refractivity (Wildman–Crippen MR) is 81.5 cm³/mol. The number of anilines is 1. The number of halogens is 1. The summed E-state index contributed by atoms with van der Waals surface area (Å²) < 4.78 is 0. The van der Waals surface area contributed by atoms with Crippen LogP contribution in [-0.4, -0.2) is 22.7 Å². The van der Waals surface area contributed by atoms with Gasteiger partial charge in [-0.25, -0.2) is 0 Å². The normalized spacial score (nSPS) is 9.62. The van der Waals surface area contributed by atoms with E-state index >= 15 is 0 Å². The first-order valence-electron chi connectivity index (χ1n) is 6.10. The third-order valence-corrected chi connectivity index (χ3v) is 2.90. The summed E-state index contributed by atoms with van der Waals surface area (Å²) in [4.78, 5) is 12.1. The monoisotopic (exact) mass is 301 g/mol. The number of benzene rings is 2. The van der Waals surface area contributed by atoms with E-state index in [9.17, 15) is 9.90 Å². The molecule has 0 spiro atoms. The van der Waals surface area contributed by atoms with Gasteiger partial charge in [0, 0.05) is 16.1 Å². The number of aliphatic hydroxyl groups is 1. The van der Waals surface area contributed by atoms with Gasteiger partial charge in [0.1, 0.15) is 12.4 Å². The number of rotatable bonds is 2. The Hall–Kier alpha value is -2.48. The van der Waals surface area contributed by atoms with Crippen molar-refractivity contribution in [2.45, 2.75) is 0 Å². The number of aromatic hydroxyl groups is 1. The number of hydrogen-bond donors (Lipinski definition) is 3.